The predicted molar refractivity (Wildman–Crippen MR) is 176 cm³/mol. The van der Waals surface area contributed by atoms with Gasteiger partial charge in [0.2, 0.25) is 5.91 Å². The molecule has 45 heavy (non-hydrogen) atoms. The van der Waals surface area contributed by atoms with Crippen molar-refractivity contribution in [1.29, 1.82) is 0 Å². The minimum Gasteiger partial charge on any atom is -0.449 e. The van der Waals surface area contributed by atoms with Gasteiger partial charge in [0, 0.05) is 31.1 Å². The van der Waals surface area contributed by atoms with Crippen molar-refractivity contribution in [1.82, 2.24) is 21.4 Å². The molecular formula is C36H43N5O4. The number of amides is 4. The van der Waals surface area contributed by atoms with Crippen LogP contribution in [0, 0.1) is 18.8 Å². The Hall–Kier alpha value is -4.66. The summed E-state index contributed by atoms with van der Waals surface area (Å²) in [4.78, 5) is 37.6. The van der Waals surface area contributed by atoms with Gasteiger partial charge < -0.3 is 20.7 Å². The molecule has 1 saturated carbocycles. The molecule has 0 aromatic heterocycles. The zero-order chi connectivity index (χ0) is 31.6. The Balaban J connectivity index is 0.978. The molecule has 2 aliphatic carbocycles. The third-order valence-corrected chi connectivity index (χ3v) is 8.86. The van der Waals surface area contributed by atoms with Gasteiger partial charge in [-0.05, 0) is 72.8 Å². The molecule has 3 aromatic rings. The summed E-state index contributed by atoms with van der Waals surface area (Å²) in [5, 5.41) is 12.8. The number of alkyl carbamates (subject to hydrolysis) is 1. The first-order valence-electron chi connectivity index (χ1n) is 15.9. The third kappa shape index (κ3) is 8.50. The predicted octanol–water partition coefficient (Wildman–Crippen LogP) is 6.02. The van der Waals surface area contributed by atoms with Crippen molar-refractivity contribution < 1.29 is 19.1 Å². The highest BCUT2D eigenvalue weighted by Crippen LogP contribution is 2.44. The van der Waals surface area contributed by atoms with E-state index in [0.717, 1.165) is 42.4 Å². The van der Waals surface area contributed by atoms with E-state index in [1.54, 1.807) is 0 Å². The molecule has 1 fully saturated rings. The summed E-state index contributed by atoms with van der Waals surface area (Å²) in [6, 6.07) is 23.8. The number of hydrazone groups is 1. The van der Waals surface area contributed by atoms with Crippen molar-refractivity contribution in [2.45, 2.75) is 64.5 Å². The quantitative estimate of drug-likeness (QED) is 0.157. The number of nitrogens with zero attached hydrogens (tertiary/aromatic N) is 1. The number of ether oxygens (including phenoxy) is 1. The van der Waals surface area contributed by atoms with Crippen molar-refractivity contribution in [3.8, 4) is 11.1 Å². The Kier molecular flexibility index (Phi) is 10.8. The van der Waals surface area contributed by atoms with Gasteiger partial charge in [-0.1, -0.05) is 85.3 Å². The van der Waals surface area contributed by atoms with Gasteiger partial charge in [-0.15, -0.1) is 0 Å². The summed E-state index contributed by atoms with van der Waals surface area (Å²) >= 11 is 0. The van der Waals surface area contributed by atoms with Crippen LogP contribution < -0.4 is 21.4 Å². The molecule has 1 atom stereocenters. The van der Waals surface area contributed by atoms with Crippen LogP contribution in [0.25, 0.3) is 11.1 Å². The van der Waals surface area contributed by atoms with Crippen LogP contribution in [-0.4, -0.2) is 43.4 Å². The Morgan fingerprint density at radius 3 is 2.18 bits per heavy atom. The largest absolute Gasteiger partial charge is 0.449 e. The fraction of sp³-hybridized carbons (Fsp3) is 0.389. The van der Waals surface area contributed by atoms with E-state index >= 15 is 0 Å². The summed E-state index contributed by atoms with van der Waals surface area (Å²) in [5.41, 5.74) is 9.44. The normalized spacial score (nSPS) is 18.0. The summed E-state index contributed by atoms with van der Waals surface area (Å²) in [5.74, 6) is 0.421. The number of hydrogen-bond acceptors (Lipinski definition) is 5. The number of benzene rings is 3. The first-order valence-corrected chi connectivity index (χ1v) is 15.9. The second-order valence-corrected chi connectivity index (χ2v) is 12.0. The fourth-order valence-corrected chi connectivity index (χ4v) is 6.17. The SMILES string of the molecule is CCC(/C=N/NC(=O)NCC1CCC(C(=O)NCc2ccc(C)cc2)CC1)NC(=O)OCC1c2ccccc2-c2ccccc21. The number of carbonyl (C=O) groups excluding carboxylic acids is 3. The minimum atomic E-state index is -0.529. The van der Waals surface area contributed by atoms with Crippen LogP contribution in [0.2, 0.25) is 0 Å². The van der Waals surface area contributed by atoms with Gasteiger partial charge in [-0.2, -0.15) is 5.10 Å². The van der Waals surface area contributed by atoms with Gasteiger partial charge >= 0.3 is 12.1 Å². The van der Waals surface area contributed by atoms with Crippen LogP contribution in [0.3, 0.4) is 0 Å². The van der Waals surface area contributed by atoms with E-state index in [1.807, 2.05) is 62.4 Å². The van der Waals surface area contributed by atoms with Crippen LogP contribution in [0.1, 0.15) is 67.2 Å². The minimum absolute atomic E-state index is 0.0140. The van der Waals surface area contributed by atoms with Gasteiger partial charge in [0.15, 0.2) is 0 Å². The molecule has 1 unspecified atom stereocenters. The maximum atomic E-state index is 12.6. The number of nitrogens with one attached hydrogen (secondary N) is 4. The van der Waals surface area contributed by atoms with Crippen molar-refractivity contribution >= 4 is 24.2 Å². The molecule has 0 saturated heterocycles. The smallest absolute Gasteiger partial charge is 0.407 e. The zero-order valence-electron chi connectivity index (χ0n) is 26.1. The summed E-state index contributed by atoms with van der Waals surface area (Å²) in [7, 11) is 0. The van der Waals surface area contributed by atoms with Crippen LogP contribution in [-0.2, 0) is 16.1 Å². The Morgan fingerprint density at radius 1 is 0.889 bits per heavy atom. The first-order chi connectivity index (χ1) is 21.9. The molecule has 9 nitrogen and oxygen atoms in total. The Morgan fingerprint density at radius 2 is 1.53 bits per heavy atom. The molecule has 0 aliphatic heterocycles. The third-order valence-electron chi connectivity index (χ3n) is 8.86. The fourth-order valence-electron chi connectivity index (χ4n) is 6.17. The van der Waals surface area contributed by atoms with Crippen LogP contribution >= 0.6 is 0 Å². The van der Waals surface area contributed by atoms with Crippen molar-refractivity contribution in [3.63, 3.8) is 0 Å². The molecule has 2 aliphatic rings. The van der Waals surface area contributed by atoms with Gasteiger partial charge in [-0.25, -0.2) is 15.0 Å². The van der Waals surface area contributed by atoms with Crippen molar-refractivity contribution in [2.75, 3.05) is 13.2 Å². The van der Waals surface area contributed by atoms with E-state index < -0.39 is 18.2 Å². The lowest BCUT2D eigenvalue weighted by atomic mass is 9.81. The Labute approximate surface area is 265 Å². The molecule has 0 bridgehead atoms. The molecule has 4 amide bonds. The molecule has 9 heteroatoms. The lowest BCUT2D eigenvalue weighted by Crippen LogP contribution is -2.40. The van der Waals surface area contributed by atoms with Crippen molar-refractivity contribution in [3.05, 3.63) is 95.1 Å². The standard InChI is InChI=1S/C36H43N5O4/c1-3-28(40-36(44)45-23-33-31-10-6-4-8-29(31)30-9-5-7-11-32(30)33)22-39-41-35(43)38-21-26-16-18-27(19-17-26)34(42)37-20-25-14-12-24(2)13-15-25/h4-15,22,26-28,33H,3,16-21,23H2,1-2H3,(H,37,42)(H,40,44)(H2,38,41,43)/b39-22+. The molecule has 3 aromatic carbocycles. The molecule has 5 rings (SSSR count). The molecule has 0 heterocycles. The number of fused-ring (bicyclic) bond motifs is 3. The molecule has 236 valence electrons. The maximum absolute atomic E-state index is 12.6. The zero-order valence-corrected chi connectivity index (χ0v) is 26.1. The Bertz CT molecular complexity index is 1450. The highest BCUT2D eigenvalue weighted by atomic mass is 16.5. The van der Waals surface area contributed by atoms with Crippen LogP contribution in [0.4, 0.5) is 9.59 Å². The van der Waals surface area contributed by atoms with E-state index in [0.29, 0.717) is 25.4 Å². The maximum Gasteiger partial charge on any atom is 0.407 e. The second-order valence-electron chi connectivity index (χ2n) is 12.0. The van der Waals surface area contributed by atoms with Gasteiger partial charge in [-0.3, -0.25) is 4.79 Å². The first kappa shape index (κ1) is 31.8. The molecule has 0 radical (unpaired) electrons. The molecular weight excluding hydrogens is 566 g/mol. The topological polar surface area (TPSA) is 121 Å². The number of urea groups is 1. The summed E-state index contributed by atoms with van der Waals surface area (Å²) < 4.78 is 5.63. The van der Waals surface area contributed by atoms with E-state index in [2.05, 4.69) is 50.7 Å². The van der Waals surface area contributed by atoms with Crippen molar-refractivity contribution in [2.24, 2.45) is 16.9 Å². The number of aryl methyl sites for hydroxylation is 1. The average Bonchev–Trinajstić information content (AvgIpc) is 3.39. The number of hydrogen-bond donors (Lipinski definition) is 4. The van der Waals surface area contributed by atoms with E-state index in [9.17, 15) is 14.4 Å². The van der Waals surface area contributed by atoms with Gasteiger partial charge in [0.05, 0.1) is 6.04 Å². The second kappa shape index (κ2) is 15.4. The van der Waals surface area contributed by atoms with Crippen LogP contribution in [0.5, 0.6) is 0 Å². The van der Waals surface area contributed by atoms with Crippen LogP contribution in [0.15, 0.2) is 77.9 Å². The highest BCUT2D eigenvalue weighted by molar-refractivity contribution is 5.80. The highest BCUT2D eigenvalue weighted by Gasteiger charge is 2.29. The average molecular weight is 610 g/mol. The number of rotatable bonds is 11. The monoisotopic (exact) mass is 609 g/mol. The van der Waals surface area contributed by atoms with E-state index in [4.69, 9.17) is 4.74 Å². The van der Waals surface area contributed by atoms with Gasteiger partial charge in [0.25, 0.3) is 0 Å². The molecule has 0 spiro atoms. The lowest BCUT2D eigenvalue weighted by Gasteiger charge is -2.27. The van der Waals surface area contributed by atoms with Gasteiger partial charge in [0.1, 0.15) is 6.61 Å². The van der Waals surface area contributed by atoms with E-state index in [1.165, 1.54) is 22.9 Å². The lowest BCUT2D eigenvalue weighted by molar-refractivity contribution is -0.126. The summed E-state index contributed by atoms with van der Waals surface area (Å²) in [6.45, 7) is 5.26. The summed E-state index contributed by atoms with van der Waals surface area (Å²) in [6.07, 6.45) is 4.94. The van der Waals surface area contributed by atoms with E-state index in [-0.39, 0.29) is 24.3 Å². The molecule has 4 N–H and O–H groups in total. The number of carbonyl (C=O) groups is 3.